The molecule has 0 fully saturated rings. The third kappa shape index (κ3) is 2.97. The molecule has 0 amide bonds. The summed E-state index contributed by atoms with van der Waals surface area (Å²) in [4.78, 5) is 0. The average molecular weight is 274 g/mol. The van der Waals surface area contributed by atoms with Crippen molar-refractivity contribution >= 4 is 22.9 Å². The quantitative estimate of drug-likeness (QED) is 0.587. The zero-order valence-corrected chi connectivity index (χ0v) is 12.3. The summed E-state index contributed by atoms with van der Waals surface area (Å²) in [6.45, 7) is 2.13. The number of aryl methyl sites for hydroxylation is 1. The minimum absolute atomic E-state index is 0.894. The Morgan fingerprint density at radius 1 is 0.810 bits per heavy atom. The van der Waals surface area contributed by atoms with Gasteiger partial charge in [0.25, 0.3) is 0 Å². The van der Waals surface area contributed by atoms with Gasteiger partial charge in [0, 0.05) is 0 Å². The van der Waals surface area contributed by atoms with Gasteiger partial charge in [-0.25, -0.2) is 0 Å². The highest BCUT2D eigenvalue weighted by molar-refractivity contribution is 5.87. The molecule has 3 aromatic rings. The maximum absolute atomic E-state index is 5.26. The predicted octanol–water partition coefficient (Wildman–Crippen LogP) is 5.33. The Hall–Kier alpha value is -2.54. The maximum atomic E-state index is 5.26. The molecule has 0 spiro atoms. The topological polar surface area (TPSA) is 9.23 Å². The van der Waals surface area contributed by atoms with E-state index in [9.17, 15) is 0 Å². The van der Waals surface area contributed by atoms with Gasteiger partial charge in [-0.2, -0.15) is 0 Å². The molecule has 3 rings (SSSR count). The second kappa shape index (κ2) is 5.84. The van der Waals surface area contributed by atoms with Crippen LogP contribution < -0.4 is 4.74 Å². The van der Waals surface area contributed by atoms with Crippen molar-refractivity contribution in [1.82, 2.24) is 0 Å². The molecule has 0 unspecified atom stereocenters. The number of hydrogen-bond donors (Lipinski definition) is 0. The van der Waals surface area contributed by atoms with Crippen molar-refractivity contribution in [3.63, 3.8) is 0 Å². The number of rotatable bonds is 3. The molecular weight excluding hydrogens is 256 g/mol. The zero-order valence-electron chi connectivity index (χ0n) is 12.3. The molecule has 1 nitrogen and oxygen atoms in total. The molecular formula is C20H18O. The van der Waals surface area contributed by atoms with Crippen molar-refractivity contribution in [2.45, 2.75) is 6.92 Å². The molecule has 0 N–H and O–H groups in total. The van der Waals surface area contributed by atoms with Gasteiger partial charge in [-0.05, 0) is 52.6 Å². The van der Waals surface area contributed by atoms with Crippen LogP contribution in [0.1, 0.15) is 16.7 Å². The van der Waals surface area contributed by atoms with Crippen molar-refractivity contribution in [2.75, 3.05) is 7.11 Å². The zero-order chi connectivity index (χ0) is 14.7. The van der Waals surface area contributed by atoms with Crippen LogP contribution in [-0.2, 0) is 0 Å². The summed E-state index contributed by atoms with van der Waals surface area (Å²) < 4.78 is 5.26. The Morgan fingerprint density at radius 2 is 1.57 bits per heavy atom. The SMILES string of the molecule is COc1ccc2cc(/C=C/c3ccccc3C)ccc2c1. The van der Waals surface area contributed by atoms with Gasteiger partial charge < -0.3 is 4.74 Å². The van der Waals surface area contributed by atoms with Gasteiger partial charge in [-0.15, -0.1) is 0 Å². The van der Waals surface area contributed by atoms with E-state index in [-0.39, 0.29) is 0 Å². The summed E-state index contributed by atoms with van der Waals surface area (Å²) in [6, 6.07) is 21.0. The van der Waals surface area contributed by atoms with E-state index in [1.54, 1.807) is 7.11 Å². The normalized spacial score (nSPS) is 11.1. The maximum Gasteiger partial charge on any atom is 0.119 e. The molecule has 1 heteroatoms. The first-order valence-electron chi connectivity index (χ1n) is 7.08. The van der Waals surface area contributed by atoms with E-state index in [0.29, 0.717) is 0 Å². The average Bonchev–Trinajstić information content (AvgIpc) is 2.53. The van der Waals surface area contributed by atoms with Crippen LogP contribution in [0, 0.1) is 6.92 Å². The Morgan fingerprint density at radius 3 is 2.38 bits per heavy atom. The van der Waals surface area contributed by atoms with Crippen LogP contribution >= 0.6 is 0 Å². The first-order valence-corrected chi connectivity index (χ1v) is 7.08. The Bertz CT molecular complexity index is 800. The van der Waals surface area contributed by atoms with Gasteiger partial charge in [-0.3, -0.25) is 0 Å². The molecule has 0 saturated heterocycles. The van der Waals surface area contributed by atoms with Crippen LogP contribution in [0.25, 0.3) is 22.9 Å². The van der Waals surface area contributed by atoms with E-state index < -0.39 is 0 Å². The van der Waals surface area contributed by atoms with E-state index in [1.807, 2.05) is 6.07 Å². The minimum atomic E-state index is 0.894. The molecule has 104 valence electrons. The Balaban J connectivity index is 1.93. The monoisotopic (exact) mass is 274 g/mol. The van der Waals surface area contributed by atoms with Gasteiger partial charge in [0.1, 0.15) is 5.75 Å². The number of methoxy groups -OCH3 is 1. The molecule has 0 atom stereocenters. The smallest absolute Gasteiger partial charge is 0.119 e. The summed E-state index contributed by atoms with van der Waals surface area (Å²) in [5, 5.41) is 2.42. The number of ether oxygens (including phenoxy) is 1. The molecule has 0 bridgehead atoms. The van der Waals surface area contributed by atoms with Crippen LogP contribution in [0.2, 0.25) is 0 Å². The molecule has 0 aliphatic rings. The van der Waals surface area contributed by atoms with Crippen LogP contribution in [0.4, 0.5) is 0 Å². The summed E-state index contributed by atoms with van der Waals surface area (Å²) >= 11 is 0. The first kappa shape index (κ1) is 13.4. The van der Waals surface area contributed by atoms with Gasteiger partial charge in [0.15, 0.2) is 0 Å². The Labute approximate surface area is 125 Å². The lowest BCUT2D eigenvalue weighted by molar-refractivity contribution is 0.415. The molecule has 0 aromatic heterocycles. The largest absolute Gasteiger partial charge is 0.497 e. The van der Waals surface area contributed by atoms with Gasteiger partial charge in [0.05, 0.1) is 7.11 Å². The summed E-state index contributed by atoms with van der Waals surface area (Å²) in [7, 11) is 1.69. The molecule has 3 aromatic carbocycles. The standard InChI is InChI=1S/C20H18O/c1-15-5-3-4-6-17(15)9-7-16-8-10-19-14-20(21-2)12-11-18(19)13-16/h3-14H,1-2H3/b9-7+. The number of fused-ring (bicyclic) bond motifs is 1. The summed E-state index contributed by atoms with van der Waals surface area (Å²) in [5.74, 6) is 0.894. The van der Waals surface area contributed by atoms with E-state index in [2.05, 4.69) is 73.7 Å². The highest BCUT2D eigenvalue weighted by Gasteiger charge is 1.98. The van der Waals surface area contributed by atoms with Gasteiger partial charge >= 0.3 is 0 Å². The van der Waals surface area contributed by atoms with Crippen LogP contribution in [0.3, 0.4) is 0 Å². The second-order valence-electron chi connectivity index (χ2n) is 5.16. The highest BCUT2D eigenvalue weighted by Crippen LogP contribution is 2.23. The predicted molar refractivity (Wildman–Crippen MR) is 90.6 cm³/mol. The summed E-state index contributed by atoms with van der Waals surface area (Å²) in [5.41, 5.74) is 3.75. The van der Waals surface area contributed by atoms with Crippen LogP contribution in [0.15, 0.2) is 60.7 Å². The second-order valence-corrected chi connectivity index (χ2v) is 5.16. The third-order valence-electron chi connectivity index (χ3n) is 3.72. The van der Waals surface area contributed by atoms with Gasteiger partial charge in [0.2, 0.25) is 0 Å². The van der Waals surface area contributed by atoms with Crippen molar-refractivity contribution in [3.8, 4) is 5.75 Å². The van der Waals surface area contributed by atoms with Gasteiger partial charge in [-0.1, -0.05) is 54.6 Å². The lowest BCUT2D eigenvalue weighted by Gasteiger charge is -2.04. The lowest BCUT2D eigenvalue weighted by Crippen LogP contribution is -1.83. The third-order valence-corrected chi connectivity index (χ3v) is 3.72. The van der Waals surface area contributed by atoms with E-state index in [1.165, 1.54) is 27.5 Å². The van der Waals surface area contributed by atoms with Crippen LogP contribution in [-0.4, -0.2) is 7.11 Å². The van der Waals surface area contributed by atoms with Crippen molar-refractivity contribution in [2.24, 2.45) is 0 Å². The van der Waals surface area contributed by atoms with Crippen molar-refractivity contribution < 1.29 is 4.74 Å². The fourth-order valence-corrected chi connectivity index (χ4v) is 2.43. The molecule has 21 heavy (non-hydrogen) atoms. The minimum Gasteiger partial charge on any atom is -0.497 e. The number of benzene rings is 3. The first-order chi connectivity index (χ1) is 10.3. The molecule has 0 aliphatic heterocycles. The molecule has 0 saturated carbocycles. The van der Waals surface area contributed by atoms with Crippen molar-refractivity contribution in [3.05, 3.63) is 77.4 Å². The van der Waals surface area contributed by atoms with E-state index in [4.69, 9.17) is 4.74 Å². The fourth-order valence-electron chi connectivity index (χ4n) is 2.43. The molecule has 0 heterocycles. The fraction of sp³-hybridized carbons (Fsp3) is 0.100. The van der Waals surface area contributed by atoms with Crippen LogP contribution in [0.5, 0.6) is 5.75 Å². The Kier molecular flexibility index (Phi) is 3.74. The lowest BCUT2D eigenvalue weighted by atomic mass is 10.0. The van der Waals surface area contributed by atoms with E-state index in [0.717, 1.165) is 5.75 Å². The highest BCUT2D eigenvalue weighted by atomic mass is 16.5. The molecule has 0 radical (unpaired) electrons. The van der Waals surface area contributed by atoms with E-state index >= 15 is 0 Å². The number of hydrogen-bond acceptors (Lipinski definition) is 1. The van der Waals surface area contributed by atoms with Crippen molar-refractivity contribution in [1.29, 1.82) is 0 Å². The molecule has 0 aliphatic carbocycles. The summed E-state index contributed by atoms with van der Waals surface area (Å²) in [6.07, 6.45) is 4.33.